The minimum Gasteiger partial charge on any atom is -0.462 e. The Kier molecular flexibility index (Phi) is 58.9. The number of unbranched alkanes of at least 4 members (excludes halogenated alkanes) is 24. The van der Waals surface area contributed by atoms with Gasteiger partial charge in [0.05, 0.1) is 0 Å². The SMILES string of the molecule is CC/C=C\C/C=C\C/C=C\C/C=C\C/C=C\CCCCCC(=O)OC[C@H](COC(=O)CCCCCCCCCCC/C=C\CCCCCCCC)OC(=O)CCCCC/C=C\C/C=C\C/C=C\C/C=C\CCCCC. The highest BCUT2D eigenvalue weighted by molar-refractivity contribution is 5.71. The molecule has 0 bridgehead atoms. The number of rotatable bonds is 55. The van der Waals surface area contributed by atoms with Crippen LogP contribution in [0.1, 0.15) is 278 Å². The Hall–Kier alpha value is -4.19. The molecule has 0 saturated carbocycles. The molecule has 6 heteroatoms. The van der Waals surface area contributed by atoms with Gasteiger partial charge in [-0.15, -0.1) is 0 Å². The van der Waals surface area contributed by atoms with Crippen molar-refractivity contribution in [1.29, 1.82) is 0 Å². The van der Waals surface area contributed by atoms with Crippen LogP contribution in [0.15, 0.2) is 122 Å². The second-order valence-electron chi connectivity index (χ2n) is 20.2. The average Bonchev–Trinajstić information content (AvgIpc) is 3.41. The number of allylic oxidation sites excluding steroid dienone is 20. The molecule has 0 saturated heterocycles. The summed E-state index contributed by atoms with van der Waals surface area (Å²) in [5, 5.41) is 0. The van der Waals surface area contributed by atoms with Gasteiger partial charge in [-0.1, -0.05) is 245 Å². The van der Waals surface area contributed by atoms with E-state index in [4.69, 9.17) is 14.2 Å². The smallest absolute Gasteiger partial charge is 0.306 e. The molecule has 75 heavy (non-hydrogen) atoms. The van der Waals surface area contributed by atoms with E-state index in [1.54, 1.807) is 0 Å². The van der Waals surface area contributed by atoms with Gasteiger partial charge in [0.1, 0.15) is 13.2 Å². The lowest BCUT2D eigenvalue weighted by Crippen LogP contribution is -2.30. The van der Waals surface area contributed by atoms with Crippen LogP contribution in [0.25, 0.3) is 0 Å². The van der Waals surface area contributed by atoms with Crippen molar-refractivity contribution in [3.05, 3.63) is 122 Å². The summed E-state index contributed by atoms with van der Waals surface area (Å²) in [6, 6.07) is 0. The monoisotopic (exact) mass is 1040 g/mol. The molecule has 0 radical (unpaired) electrons. The topological polar surface area (TPSA) is 78.9 Å². The number of carbonyl (C=O) groups is 3. The van der Waals surface area contributed by atoms with Crippen LogP contribution < -0.4 is 0 Å². The van der Waals surface area contributed by atoms with Crippen LogP contribution in [-0.4, -0.2) is 37.2 Å². The van der Waals surface area contributed by atoms with Gasteiger partial charge in [0.15, 0.2) is 6.10 Å². The Morgan fingerprint density at radius 3 is 0.867 bits per heavy atom. The van der Waals surface area contributed by atoms with Gasteiger partial charge >= 0.3 is 17.9 Å². The fraction of sp³-hybridized carbons (Fsp3) is 0.667. The predicted molar refractivity (Wildman–Crippen MR) is 325 cm³/mol. The summed E-state index contributed by atoms with van der Waals surface area (Å²) in [4.78, 5) is 38.3. The highest BCUT2D eigenvalue weighted by Gasteiger charge is 2.19. The van der Waals surface area contributed by atoms with Gasteiger partial charge in [0.2, 0.25) is 0 Å². The molecular weight excluding hydrogens is 925 g/mol. The van der Waals surface area contributed by atoms with Crippen LogP contribution in [0, 0.1) is 0 Å². The van der Waals surface area contributed by atoms with Crippen molar-refractivity contribution >= 4 is 17.9 Å². The first-order valence-electron chi connectivity index (χ1n) is 31.0. The van der Waals surface area contributed by atoms with Gasteiger partial charge in [-0.2, -0.15) is 0 Å². The average molecular weight is 1040 g/mol. The molecule has 0 unspecified atom stereocenters. The van der Waals surface area contributed by atoms with E-state index >= 15 is 0 Å². The lowest BCUT2D eigenvalue weighted by molar-refractivity contribution is -0.167. The summed E-state index contributed by atoms with van der Waals surface area (Å²) in [5.74, 6) is -0.969. The largest absolute Gasteiger partial charge is 0.462 e. The van der Waals surface area contributed by atoms with Crippen LogP contribution in [0.3, 0.4) is 0 Å². The first kappa shape index (κ1) is 70.8. The lowest BCUT2D eigenvalue weighted by atomic mass is 10.1. The van der Waals surface area contributed by atoms with Gasteiger partial charge in [0, 0.05) is 19.3 Å². The molecule has 0 fully saturated rings. The van der Waals surface area contributed by atoms with Gasteiger partial charge in [-0.25, -0.2) is 0 Å². The highest BCUT2D eigenvalue weighted by atomic mass is 16.6. The molecule has 0 aromatic heterocycles. The second kappa shape index (κ2) is 62.4. The van der Waals surface area contributed by atoms with Gasteiger partial charge in [-0.05, 0) is 135 Å². The third-order valence-electron chi connectivity index (χ3n) is 12.9. The first-order chi connectivity index (χ1) is 37.0. The molecule has 426 valence electrons. The fourth-order valence-corrected chi connectivity index (χ4v) is 8.27. The van der Waals surface area contributed by atoms with E-state index in [0.29, 0.717) is 12.8 Å². The Balaban J connectivity index is 4.52. The molecule has 1 atom stereocenters. The standard InChI is InChI=1S/C69H114O6/c1-4-7-10-13-16-19-22-25-28-31-34-37-40-43-46-49-52-55-58-61-67(70)73-64-66(75-69(72)63-60-57-54-51-48-45-42-39-36-33-30-27-24-21-18-15-12-9-6-3)65-74-68(71)62-59-56-53-50-47-44-41-38-35-32-29-26-23-20-17-14-11-8-5-2/h7,10,16,18-19,21,25-30,34,36-37,39,43,45-46,48,66H,4-6,8-9,11-15,17,20,22-24,31-33,35,38,40-42,44,47,49-65H2,1-3H3/b10-7-,19-16-,21-18-,28-25-,29-26-,30-27-,37-34-,39-36-,46-43-,48-45-/t66-/m1/s1. The third kappa shape index (κ3) is 60.6. The van der Waals surface area contributed by atoms with Gasteiger partial charge < -0.3 is 14.2 Å². The maximum absolute atomic E-state index is 12.9. The number of hydrogen-bond donors (Lipinski definition) is 0. The van der Waals surface area contributed by atoms with E-state index in [2.05, 4.69) is 142 Å². The zero-order chi connectivity index (χ0) is 54.3. The zero-order valence-corrected chi connectivity index (χ0v) is 48.8. The van der Waals surface area contributed by atoms with E-state index < -0.39 is 6.10 Å². The summed E-state index contributed by atoms with van der Waals surface area (Å²) in [7, 11) is 0. The van der Waals surface area contributed by atoms with Crippen molar-refractivity contribution in [2.24, 2.45) is 0 Å². The van der Waals surface area contributed by atoms with E-state index in [1.807, 2.05) is 0 Å². The molecule has 0 aliphatic carbocycles. The van der Waals surface area contributed by atoms with E-state index in [1.165, 1.54) is 116 Å². The molecule has 0 aromatic carbocycles. The van der Waals surface area contributed by atoms with Crippen molar-refractivity contribution < 1.29 is 28.6 Å². The molecule has 0 amide bonds. The fourth-order valence-electron chi connectivity index (χ4n) is 8.27. The van der Waals surface area contributed by atoms with Crippen molar-refractivity contribution in [3.63, 3.8) is 0 Å². The highest BCUT2D eigenvalue weighted by Crippen LogP contribution is 2.14. The Morgan fingerprint density at radius 2 is 0.520 bits per heavy atom. The van der Waals surface area contributed by atoms with Crippen LogP contribution in [0.2, 0.25) is 0 Å². The second-order valence-corrected chi connectivity index (χ2v) is 20.2. The predicted octanol–water partition coefficient (Wildman–Crippen LogP) is 21.2. The Bertz CT molecular complexity index is 1570. The molecule has 0 aliphatic rings. The summed E-state index contributed by atoms with van der Waals surface area (Å²) < 4.78 is 16.9. The zero-order valence-electron chi connectivity index (χ0n) is 48.8. The minimum atomic E-state index is -0.814. The van der Waals surface area contributed by atoms with E-state index in [9.17, 15) is 14.4 Å². The molecular formula is C69H114O6. The summed E-state index contributed by atoms with van der Waals surface area (Å²) in [6.07, 6.45) is 86.2. The Morgan fingerprint density at radius 1 is 0.280 bits per heavy atom. The van der Waals surface area contributed by atoms with Crippen molar-refractivity contribution in [2.45, 2.75) is 284 Å². The van der Waals surface area contributed by atoms with Crippen molar-refractivity contribution in [1.82, 2.24) is 0 Å². The van der Waals surface area contributed by atoms with Crippen LogP contribution >= 0.6 is 0 Å². The normalized spacial score (nSPS) is 12.9. The summed E-state index contributed by atoms with van der Waals surface area (Å²) in [6.45, 7) is 6.45. The molecule has 0 heterocycles. The molecule has 0 spiro atoms. The van der Waals surface area contributed by atoms with Crippen LogP contribution in [0.4, 0.5) is 0 Å². The molecule has 6 nitrogen and oxygen atoms in total. The Labute approximate surface area is 462 Å². The molecule has 0 rings (SSSR count). The first-order valence-corrected chi connectivity index (χ1v) is 31.0. The van der Waals surface area contributed by atoms with Crippen molar-refractivity contribution in [2.75, 3.05) is 13.2 Å². The number of hydrogen-bond acceptors (Lipinski definition) is 6. The van der Waals surface area contributed by atoms with Crippen molar-refractivity contribution in [3.8, 4) is 0 Å². The molecule has 0 aliphatic heterocycles. The van der Waals surface area contributed by atoms with Crippen LogP contribution in [0.5, 0.6) is 0 Å². The molecule has 0 N–H and O–H groups in total. The van der Waals surface area contributed by atoms with E-state index in [0.717, 1.165) is 122 Å². The number of esters is 3. The number of ether oxygens (including phenoxy) is 3. The minimum absolute atomic E-state index is 0.105. The summed E-state index contributed by atoms with van der Waals surface area (Å²) >= 11 is 0. The third-order valence-corrected chi connectivity index (χ3v) is 12.9. The quantitative estimate of drug-likeness (QED) is 0.0261. The molecule has 0 aromatic rings. The maximum atomic E-state index is 12.9. The lowest BCUT2D eigenvalue weighted by Gasteiger charge is -2.18. The van der Waals surface area contributed by atoms with Crippen LogP contribution in [-0.2, 0) is 28.6 Å². The van der Waals surface area contributed by atoms with E-state index in [-0.39, 0.29) is 37.5 Å². The van der Waals surface area contributed by atoms with Gasteiger partial charge in [-0.3, -0.25) is 14.4 Å². The summed E-state index contributed by atoms with van der Waals surface area (Å²) in [5.41, 5.74) is 0. The number of carbonyl (C=O) groups excluding carboxylic acids is 3. The maximum Gasteiger partial charge on any atom is 0.306 e. The van der Waals surface area contributed by atoms with Gasteiger partial charge in [0.25, 0.3) is 0 Å².